The Labute approximate surface area is 179 Å². The summed E-state index contributed by atoms with van der Waals surface area (Å²) in [6, 6.07) is 15.2. The number of nitrogens with one attached hydrogen (secondary N) is 2. The molecule has 0 saturated carbocycles. The van der Waals surface area contributed by atoms with Crippen LogP contribution in [0.4, 0.5) is 0 Å². The lowest BCUT2D eigenvalue weighted by atomic mass is 10.1. The molecular weight excluding hydrogens is 449 g/mol. The molecule has 3 rings (SSSR count). The molecule has 2 N–H and O–H groups in total. The van der Waals surface area contributed by atoms with Gasteiger partial charge in [-0.3, -0.25) is 14.9 Å². The van der Waals surface area contributed by atoms with Crippen molar-refractivity contribution in [1.82, 2.24) is 20.5 Å². The summed E-state index contributed by atoms with van der Waals surface area (Å²) in [7, 11) is 1.83. The summed E-state index contributed by atoms with van der Waals surface area (Å²) in [5.41, 5.74) is 2.60. The smallest absolute Gasteiger partial charge is 0.191 e. The summed E-state index contributed by atoms with van der Waals surface area (Å²) in [4.78, 5) is 11.1. The number of aliphatic imine (C=N–C) groups is 1. The number of rotatable bonds is 7. The van der Waals surface area contributed by atoms with E-state index in [1.54, 1.807) is 6.20 Å². The van der Waals surface area contributed by atoms with Gasteiger partial charge in [-0.25, -0.2) is 0 Å². The SMILES string of the molecule is CN=C(NCCc1cccnc1)NCC(c1ccccc1)N1CCCC1.I. The van der Waals surface area contributed by atoms with Crippen molar-refractivity contribution in [2.75, 3.05) is 33.2 Å². The molecule has 5 nitrogen and oxygen atoms in total. The van der Waals surface area contributed by atoms with E-state index in [9.17, 15) is 0 Å². The molecule has 1 fully saturated rings. The van der Waals surface area contributed by atoms with Crippen LogP contribution >= 0.6 is 24.0 Å². The van der Waals surface area contributed by atoms with Crippen molar-refractivity contribution < 1.29 is 0 Å². The lowest BCUT2D eigenvalue weighted by molar-refractivity contribution is 0.245. The summed E-state index contributed by atoms with van der Waals surface area (Å²) < 4.78 is 0. The van der Waals surface area contributed by atoms with Gasteiger partial charge in [-0.15, -0.1) is 24.0 Å². The second-order valence-electron chi connectivity index (χ2n) is 6.66. The van der Waals surface area contributed by atoms with Gasteiger partial charge in [0.15, 0.2) is 5.96 Å². The van der Waals surface area contributed by atoms with Gasteiger partial charge in [-0.2, -0.15) is 0 Å². The van der Waals surface area contributed by atoms with E-state index in [1.165, 1.54) is 37.1 Å². The molecule has 0 aliphatic carbocycles. The topological polar surface area (TPSA) is 52.6 Å². The highest BCUT2D eigenvalue weighted by Crippen LogP contribution is 2.24. The van der Waals surface area contributed by atoms with Crippen LogP contribution in [0.5, 0.6) is 0 Å². The van der Waals surface area contributed by atoms with E-state index in [0.717, 1.165) is 25.5 Å². The molecule has 27 heavy (non-hydrogen) atoms. The number of hydrogen-bond donors (Lipinski definition) is 2. The van der Waals surface area contributed by atoms with Gasteiger partial charge < -0.3 is 10.6 Å². The van der Waals surface area contributed by atoms with Crippen molar-refractivity contribution in [3.8, 4) is 0 Å². The number of halogens is 1. The summed E-state index contributed by atoms with van der Waals surface area (Å²) in [5.74, 6) is 0.856. The number of likely N-dealkylation sites (tertiary alicyclic amines) is 1. The molecule has 1 aliphatic heterocycles. The third-order valence-corrected chi connectivity index (χ3v) is 4.88. The van der Waals surface area contributed by atoms with E-state index in [2.05, 4.69) is 61.9 Å². The summed E-state index contributed by atoms with van der Waals surface area (Å²) in [6.07, 6.45) is 7.24. The van der Waals surface area contributed by atoms with E-state index >= 15 is 0 Å². The third-order valence-electron chi connectivity index (χ3n) is 4.88. The van der Waals surface area contributed by atoms with Crippen LogP contribution < -0.4 is 10.6 Å². The average molecular weight is 479 g/mol. The highest BCUT2D eigenvalue weighted by atomic mass is 127. The first-order chi connectivity index (χ1) is 12.9. The van der Waals surface area contributed by atoms with Crippen molar-refractivity contribution in [2.24, 2.45) is 4.99 Å². The number of aromatic nitrogens is 1. The third kappa shape index (κ3) is 6.77. The molecule has 2 heterocycles. The van der Waals surface area contributed by atoms with Gasteiger partial charge in [0.1, 0.15) is 0 Å². The molecular formula is C21H30IN5. The van der Waals surface area contributed by atoms with Crippen LogP contribution in [0.15, 0.2) is 59.9 Å². The van der Waals surface area contributed by atoms with E-state index in [1.807, 2.05) is 19.3 Å². The van der Waals surface area contributed by atoms with Gasteiger partial charge >= 0.3 is 0 Å². The first-order valence-electron chi connectivity index (χ1n) is 9.49. The molecule has 1 aliphatic rings. The highest BCUT2D eigenvalue weighted by molar-refractivity contribution is 14.0. The zero-order valence-corrected chi connectivity index (χ0v) is 18.3. The standard InChI is InChI=1S/C21H29N5.HI/c1-22-21(24-13-11-18-8-7-12-23-16-18)25-17-20(26-14-5-6-15-26)19-9-3-2-4-10-19;/h2-4,7-10,12,16,20H,5-6,11,13-15,17H2,1H3,(H2,22,24,25);1H. The van der Waals surface area contributed by atoms with Gasteiger partial charge in [0.2, 0.25) is 0 Å². The predicted octanol–water partition coefficient (Wildman–Crippen LogP) is 3.24. The Hall–Kier alpha value is -1.67. The van der Waals surface area contributed by atoms with Crippen molar-refractivity contribution in [2.45, 2.75) is 25.3 Å². The molecule has 1 atom stereocenters. The predicted molar refractivity (Wildman–Crippen MR) is 123 cm³/mol. The average Bonchev–Trinajstić information content (AvgIpc) is 3.23. The number of hydrogen-bond acceptors (Lipinski definition) is 3. The number of nitrogens with zero attached hydrogens (tertiary/aromatic N) is 3. The molecule has 1 aromatic carbocycles. The maximum Gasteiger partial charge on any atom is 0.191 e. The summed E-state index contributed by atoms with van der Waals surface area (Å²) in [5, 5.41) is 6.92. The summed E-state index contributed by atoms with van der Waals surface area (Å²) in [6.45, 7) is 4.05. The fourth-order valence-electron chi connectivity index (χ4n) is 3.47. The normalized spacial score (nSPS) is 15.8. The second-order valence-corrected chi connectivity index (χ2v) is 6.66. The zero-order chi connectivity index (χ0) is 18.0. The quantitative estimate of drug-likeness (QED) is 0.364. The van der Waals surface area contributed by atoms with Gasteiger partial charge in [-0.1, -0.05) is 36.4 Å². The van der Waals surface area contributed by atoms with Crippen LogP contribution in [0, 0.1) is 0 Å². The Kier molecular flexibility index (Phi) is 9.55. The van der Waals surface area contributed by atoms with Crippen molar-refractivity contribution in [3.63, 3.8) is 0 Å². The van der Waals surface area contributed by atoms with Crippen molar-refractivity contribution in [3.05, 3.63) is 66.0 Å². The zero-order valence-electron chi connectivity index (χ0n) is 16.0. The van der Waals surface area contributed by atoms with Crippen LogP contribution in [0.3, 0.4) is 0 Å². The molecule has 1 unspecified atom stereocenters. The van der Waals surface area contributed by atoms with Gasteiger partial charge in [0, 0.05) is 32.5 Å². The Balaban J connectivity index is 0.00000261. The van der Waals surface area contributed by atoms with Gasteiger partial charge in [0.05, 0.1) is 6.04 Å². The van der Waals surface area contributed by atoms with E-state index < -0.39 is 0 Å². The molecule has 0 radical (unpaired) electrons. The lowest BCUT2D eigenvalue weighted by Gasteiger charge is -2.29. The van der Waals surface area contributed by atoms with Gasteiger partial charge in [-0.05, 0) is 49.5 Å². The number of guanidine groups is 1. The first kappa shape index (κ1) is 21.6. The molecule has 6 heteroatoms. The minimum atomic E-state index is 0. The number of benzene rings is 1. The highest BCUT2D eigenvalue weighted by Gasteiger charge is 2.23. The molecule has 2 aromatic rings. The molecule has 1 saturated heterocycles. The molecule has 0 spiro atoms. The Bertz CT molecular complexity index is 671. The van der Waals surface area contributed by atoms with Gasteiger partial charge in [0.25, 0.3) is 0 Å². The van der Waals surface area contributed by atoms with Crippen LogP contribution in [-0.4, -0.2) is 49.1 Å². The minimum absolute atomic E-state index is 0. The minimum Gasteiger partial charge on any atom is -0.356 e. The maximum atomic E-state index is 4.37. The van der Waals surface area contributed by atoms with Crippen LogP contribution in [-0.2, 0) is 6.42 Å². The Morgan fingerprint density at radius 1 is 1.11 bits per heavy atom. The summed E-state index contributed by atoms with van der Waals surface area (Å²) >= 11 is 0. The first-order valence-corrected chi connectivity index (χ1v) is 9.49. The maximum absolute atomic E-state index is 4.37. The van der Waals surface area contributed by atoms with Crippen LogP contribution in [0.25, 0.3) is 0 Å². The number of pyridine rings is 1. The Morgan fingerprint density at radius 2 is 1.89 bits per heavy atom. The molecule has 0 amide bonds. The van der Waals surface area contributed by atoms with E-state index in [-0.39, 0.29) is 24.0 Å². The van der Waals surface area contributed by atoms with Crippen molar-refractivity contribution in [1.29, 1.82) is 0 Å². The van der Waals surface area contributed by atoms with Crippen LogP contribution in [0.2, 0.25) is 0 Å². The Morgan fingerprint density at radius 3 is 2.56 bits per heavy atom. The monoisotopic (exact) mass is 479 g/mol. The molecule has 1 aromatic heterocycles. The molecule has 146 valence electrons. The molecule has 0 bridgehead atoms. The lowest BCUT2D eigenvalue weighted by Crippen LogP contribution is -2.43. The van der Waals surface area contributed by atoms with Crippen LogP contribution in [0.1, 0.15) is 30.0 Å². The fourth-order valence-corrected chi connectivity index (χ4v) is 3.47. The largest absolute Gasteiger partial charge is 0.356 e. The second kappa shape index (κ2) is 11.9. The van der Waals surface area contributed by atoms with Crippen molar-refractivity contribution >= 4 is 29.9 Å². The van der Waals surface area contributed by atoms with E-state index in [0.29, 0.717) is 6.04 Å². The fraction of sp³-hybridized carbons (Fsp3) is 0.429. The van der Waals surface area contributed by atoms with E-state index in [4.69, 9.17) is 0 Å².